The quantitative estimate of drug-likeness (QED) is 0.656. The van der Waals surface area contributed by atoms with Gasteiger partial charge in [0.25, 0.3) is 0 Å². The molecule has 0 rings (SSSR count). The molecule has 72 valence electrons. The van der Waals surface area contributed by atoms with Gasteiger partial charge in [-0.25, -0.2) is 0 Å². The van der Waals surface area contributed by atoms with E-state index >= 15 is 0 Å². The Bertz CT molecular complexity index is 233. The van der Waals surface area contributed by atoms with Crippen molar-refractivity contribution < 1.29 is 0 Å². The zero-order valence-corrected chi connectivity index (χ0v) is 8.72. The van der Waals surface area contributed by atoms with Crippen molar-refractivity contribution in [3.05, 3.63) is 24.9 Å². The molecule has 1 atom stereocenters. The molecule has 0 aromatic carbocycles. The zero-order chi connectivity index (χ0) is 10.5. The molecule has 0 aromatic heterocycles. The first-order valence-electron chi connectivity index (χ1n) is 4.40. The number of hydrogen-bond donors (Lipinski definition) is 1. The lowest BCUT2D eigenvalue weighted by Crippen LogP contribution is -2.28. The molecule has 0 saturated heterocycles. The third kappa shape index (κ3) is 3.33. The lowest BCUT2D eigenvalue weighted by atomic mass is 9.80. The summed E-state index contributed by atoms with van der Waals surface area (Å²) in [6.07, 6.45) is 1.78. The van der Waals surface area contributed by atoms with Gasteiger partial charge < -0.3 is 5.32 Å². The van der Waals surface area contributed by atoms with Gasteiger partial charge in [-0.2, -0.15) is 5.26 Å². The van der Waals surface area contributed by atoms with E-state index in [1.807, 2.05) is 20.8 Å². The molecule has 0 amide bonds. The standard InChI is InChI=1S/C11H18N2/c1-6-7-13-10(3)9(2)11(4,5)8-12/h6,9,13H,1,3,7H2,2,4-5H3. The Morgan fingerprint density at radius 2 is 2.23 bits per heavy atom. The van der Waals surface area contributed by atoms with Gasteiger partial charge in [0.05, 0.1) is 11.5 Å². The van der Waals surface area contributed by atoms with Crippen LogP contribution in [0.4, 0.5) is 0 Å². The highest BCUT2D eigenvalue weighted by atomic mass is 14.9. The number of rotatable bonds is 5. The van der Waals surface area contributed by atoms with Crippen molar-refractivity contribution in [1.82, 2.24) is 5.32 Å². The first-order chi connectivity index (χ1) is 5.95. The van der Waals surface area contributed by atoms with Gasteiger partial charge in [0.15, 0.2) is 0 Å². The van der Waals surface area contributed by atoms with Crippen molar-refractivity contribution in [3.63, 3.8) is 0 Å². The van der Waals surface area contributed by atoms with Crippen molar-refractivity contribution >= 4 is 0 Å². The van der Waals surface area contributed by atoms with Gasteiger partial charge in [-0.15, -0.1) is 6.58 Å². The van der Waals surface area contributed by atoms with E-state index in [1.54, 1.807) is 6.08 Å². The van der Waals surface area contributed by atoms with Crippen LogP contribution in [0.5, 0.6) is 0 Å². The van der Waals surface area contributed by atoms with Crippen molar-refractivity contribution in [2.24, 2.45) is 11.3 Å². The van der Waals surface area contributed by atoms with Crippen LogP contribution in [-0.2, 0) is 0 Å². The number of nitriles is 1. The molecule has 0 spiro atoms. The zero-order valence-electron chi connectivity index (χ0n) is 8.72. The van der Waals surface area contributed by atoms with Crippen LogP contribution in [0.2, 0.25) is 0 Å². The molecule has 0 radical (unpaired) electrons. The minimum atomic E-state index is -0.370. The minimum absolute atomic E-state index is 0.137. The molecule has 0 bridgehead atoms. The predicted octanol–water partition coefficient (Wildman–Crippen LogP) is 2.46. The van der Waals surface area contributed by atoms with Gasteiger partial charge in [0, 0.05) is 18.2 Å². The van der Waals surface area contributed by atoms with E-state index in [0.29, 0.717) is 6.54 Å². The van der Waals surface area contributed by atoms with Crippen LogP contribution in [0.15, 0.2) is 24.9 Å². The van der Waals surface area contributed by atoms with Gasteiger partial charge in [0.2, 0.25) is 0 Å². The Balaban J connectivity index is 4.27. The topological polar surface area (TPSA) is 35.8 Å². The Kier molecular flexibility index (Phi) is 4.27. The fraction of sp³-hybridized carbons (Fsp3) is 0.545. The largest absolute Gasteiger partial charge is 0.385 e. The molecule has 0 aromatic rings. The Morgan fingerprint density at radius 3 is 2.62 bits per heavy atom. The van der Waals surface area contributed by atoms with Gasteiger partial charge >= 0.3 is 0 Å². The van der Waals surface area contributed by atoms with Crippen LogP contribution < -0.4 is 5.32 Å². The molecule has 13 heavy (non-hydrogen) atoms. The number of allylic oxidation sites excluding steroid dienone is 1. The molecule has 1 unspecified atom stereocenters. The van der Waals surface area contributed by atoms with Gasteiger partial charge in [-0.3, -0.25) is 0 Å². The fourth-order valence-electron chi connectivity index (χ4n) is 0.889. The third-order valence-corrected chi connectivity index (χ3v) is 2.37. The SMILES string of the molecule is C=CCNC(=C)C(C)C(C)(C)C#N. The van der Waals surface area contributed by atoms with Crippen molar-refractivity contribution in [3.8, 4) is 6.07 Å². The number of hydrogen-bond acceptors (Lipinski definition) is 2. The summed E-state index contributed by atoms with van der Waals surface area (Å²) in [5.74, 6) is 0.137. The summed E-state index contributed by atoms with van der Waals surface area (Å²) in [6.45, 7) is 14.0. The summed E-state index contributed by atoms with van der Waals surface area (Å²) in [4.78, 5) is 0. The molecule has 0 fully saturated rings. The highest BCUT2D eigenvalue weighted by Crippen LogP contribution is 2.29. The Hall–Kier alpha value is -1.23. The van der Waals surface area contributed by atoms with E-state index < -0.39 is 0 Å². The third-order valence-electron chi connectivity index (χ3n) is 2.37. The molecule has 0 aliphatic rings. The monoisotopic (exact) mass is 178 g/mol. The molecule has 0 aliphatic carbocycles. The predicted molar refractivity (Wildman–Crippen MR) is 55.9 cm³/mol. The van der Waals surface area contributed by atoms with Gasteiger partial charge in [-0.1, -0.05) is 19.6 Å². The second-order valence-electron chi connectivity index (χ2n) is 3.75. The first kappa shape index (κ1) is 11.8. The van der Waals surface area contributed by atoms with Crippen LogP contribution in [-0.4, -0.2) is 6.54 Å². The smallest absolute Gasteiger partial charge is 0.0690 e. The average molecular weight is 178 g/mol. The van der Waals surface area contributed by atoms with Gasteiger partial charge in [-0.05, 0) is 13.8 Å². The Labute approximate surface area is 81.0 Å². The molecular weight excluding hydrogens is 160 g/mol. The summed E-state index contributed by atoms with van der Waals surface area (Å²) < 4.78 is 0. The van der Waals surface area contributed by atoms with Gasteiger partial charge in [0.1, 0.15) is 0 Å². The maximum atomic E-state index is 8.90. The van der Waals surface area contributed by atoms with Crippen molar-refractivity contribution in [2.45, 2.75) is 20.8 Å². The Morgan fingerprint density at radius 1 is 1.69 bits per heavy atom. The summed E-state index contributed by atoms with van der Waals surface area (Å²) in [7, 11) is 0. The van der Waals surface area contributed by atoms with E-state index in [1.165, 1.54) is 0 Å². The molecule has 0 saturated carbocycles. The highest BCUT2D eigenvalue weighted by Gasteiger charge is 2.27. The minimum Gasteiger partial charge on any atom is -0.385 e. The maximum Gasteiger partial charge on any atom is 0.0690 e. The first-order valence-corrected chi connectivity index (χ1v) is 4.40. The molecule has 1 N–H and O–H groups in total. The summed E-state index contributed by atoms with van der Waals surface area (Å²) in [5.41, 5.74) is 0.525. The van der Waals surface area contributed by atoms with E-state index in [4.69, 9.17) is 5.26 Å². The van der Waals surface area contributed by atoms with Crippen LogP contribution >= 0.6 is 0 Å². The number of nitrogens with zero attached hydrogens (tertiary/aromatic N) is 1. The van der Waals surface area contributed by atoms with Crippen LogP contribution in [0.3, 0.4) is 0 Å². The van der Waals surface area contributed by atoms with E-state index in [-0.39, 0.29) is 11.3 Å². The van der Waals surface area contributed by atoms with Crippen LogP contribution in [0.25, 0.3) is 0 Å². The molecule has 0 heterocycles. The van der Waals surface area contributed by atoms with Crippen LogP contribution in [0.1, 0.15) is 20.8 Å². The van der Waals surface area contributed by atoms with E-state index in [0.717, 1.165) is 5.70 Å². The molecule has 0 aliphatic heterocycles. The van der Waals surface area contributed by atoms with Crippen molar-refractivity contribution in [1.29, 1.82) is 5.26 Å². The summed E-state index contributed by atoms with van der Waals surface area (Å²) in [6, 6.07) is 2.27. The average Bonchev–Trinajstić information content (AvgIpc) is 2.12. The summed E-state index contributed by atoms with van der Waals surface area (Å²) in [5, 5.41) is 12.0. The van der Waals surface area contributed by atoms with Crippen molar-refractivity contribution in [2.75, 3.05) is 6.54 Å². The molecular formula is C11H18N2. The maximum absolute atomic E-state index is 8.90. The van der Waals surface area contributed by atoms with E-state index in [2.05, 4.69) is 24.5 Å². The number of nitrogens with one attached hydrogen (secondary N) is 1. The van der Waals surface area contributed by atoms with E-state index in [9.17, 15) is 0 Å². The fourth-order valence-corrected chi connectivity index (χ4v) is 0.889. The molecule has 2 heteroatoms. The lowest BCUT2D eigenvalue weighted by molar-refractivity contribution is 0.351. The highest BCUT2D eigenvalue weighted by molar-refractivity contribution is 5.09. The van der Waals surface area contributed by atoms with Crippen LogP contribution in [0, 0.1) is 22.7 Å². The second-order valence-corrected chi connectivity index (χ2v) is 3.75. The second kappa shape index (κ2) is 4.71. The molecule has 2 nitrogen and oxygen atoms in total. The summed E-state index contributed by atoms with van der Waals surface area (Å²) >= 11 is 0. The lowest BCUT2D eigenvalue weighted by Gasteiger charge is -2.26. The normalized spacial score (nSPS) is 12.8.